The lowest BCUT2D eigenvalue weighted by Crippen LogP contribution is -2.40. The Bertz CT molecular complexity index is 227. The van der Waals surface area contributed by atoms with E-state index in [1.54, 1.807) is 0 Å². The molecule has 0 heterocycles. The van der Waals surface area contributed by atoms with Crippen molar-refractivity contribution >= 4 is 15.9 Å². The van der Waals surface area contributed by atoms with Crippen LogP contribution in [0.3, 0.4) is 0 Å². The Kier molecular flexibility index (Phi) is 6.00. The fourth-order valence-corrected chi connectivity index (χ4v) is 4.41. The first kappa shape index (κ1) is 14.8. The highest BCUT2D eigenvalue weighted by Crippen LogP contribution is 2.39. The van der Waals surface area contributed by atoms with E-state index < -0.39 is 0 Å². The van der Waals surface area contributed by atoms with E-state index in [-0.39, 0.29) is 5.60 Å². The molecule has 1 nitrogen and oxygen atoms in total. The first-order valence-corrected chi connectivity index (χ1v) is 9.10. The minimum Gasteiger partial charge on any atom is -0.374 e. The van der Waals surface area contributed by atoms with E-state index in [0.717, 1.165) is 23.8 Å². The van der Waals surface area contributed by atoms with Gasteiger partial charge in [0.2, 0.25) is 0 Å². The molecule has 18 heavy (non-hydrogen) atoms. The molecule has 0 aromatic heterocycles. The average molecular weight is 317 g/mol. The third-order valence-corrected chi connectivity index (χ3v) is 6.08. The summed E-state index contributed by atoms with van der Waals surface area (Å²) in [7, 11) is 0. The average Bonchev–Trinajstić information content (AvgIpc) is 2.92. The van der Waals surface area contributed by atoms with Crippen LogP contribution in [0.25, 0.3) is 0 Å². The molecule has 0 atom stereocenters. The molecule has 0 N–H and O–H groups in total. The van der Waals surface area contributed by atoms with E-state index in [9.17, 15) is 0 Å². The van der Waals surface area contributed by atoms with Crippen LogP contribution in [0.1, 0.15) is 71.1 Å². The Hall–Kier alpha value is 0.440. The van der Waals surface area contributed by atoms with Crippen LogP contribution in [0.5, 0.6) is 0 Å². The molecule has 2 saturated carbocycles. The number of alkyl halides is 1. The first-order valence-electron chi connectivity index (χ1n) is 7.98. The van der Waals surface area contributed by atoms with E-state index in [0.29, 0.717) is 0 Å². The predicted octanol–water partition coefficient (Wildman–Crippen LogP) is 5.32. The molecule has 0 aromatic carbocycles. The Balaban J connectivity index is 1.76. The summed E-state index contributed by atoms with van der Waals surface area (Å²) < 4.78 is 6.38. The Morgan fingerprint density at radius 2 is 1.72 bits per heavy atom. The highest BCUT2D eigenvalue weighted by Gasteiger charge is 2.35. The van der Waals surface area contributed by atoms with Gasteiger partial charge in [0.05, 0.1) is 12.2 Å². The summed E-state index contributed by atoms with van der Waals surface area (Å²) in [5.74, 6) is 1.83. The van der Waals surface area contributed by atoms with Crippen LogP contribution in [-0.4, -0.2) is 17.5 Å². The molecule has 0 bridgehead atoms. The SMILES string of the molecule is CCCC1CCC(CBr)(OCC2CCCC2)CC1. The van der Waals surface area contributed by atoms with Crippen molar-refractivity contribution in [3.8, 4) is 0 Å². The summed E-state index contributed by atoms with van der Waals surface area (Å²) in [5.41, 5.74) is 0.173. The number of halogens is 1. The molecular formula is C16H29BrO. The van der Waals surface area contributed by atoms with Gasteiger partial charge < -0.3 is 4.74 Å². The van der Waals surface area contributed by atoms with Gasteiger partial charge in [0, 0.05) is 5.33 Å². The lowest BCUT2D eigenvalue weighted by atomic mass is 9.78. The zero-order valence-corrected chi connectivity index (χ0v) is 13.5. The van der Waals surface area contributed by atoms with Crippen molar-refractivity contribution in [2.24, 2.45) is 11.8 Å². The highest BCUT2D eigenvalue weighted by molar-refractivity contribution is 9.09. The third-order valence-electron chi connectivity index (χ3n) is 5.06. The van der Waals surface area contributed by atoms with E-state index in [2.05, 4.69) is 22.9 Å². The maximum atomic E-state index is 6.38. The molecular weight excluding hydrogens is 288 g/mol. The molecule has 0 spiro atoms. The second-order valence-electron chi connectivity index (χ2n) is 6.51. The Labute approximate surface area is 121 Å². The molecule has 106 valence electrons. The second kappa shape index (κ2) is 7.28. The molecule has 2 heteroatoms. The lowest BCUT2D eigenvalue weighted by molar-refractivity contribution is -0.0732. The van der Waals surface area contributed by atoms with Crippen molar-refractivity contribution in [3.05, 3.63) is 0 Å². The van der Waals surface area contributed by atoms with Gasteiger partial charge in [-0.15, -0.1) is 0 Å². The van der Waals surface area contributed by atoms with Crippen LogP contribution < -0.4 is 0 Å². The minimum atomic E-state index is 0.173. The molecule has 0 radical (unpaired) electrons. The van der Waals surface area contributed by atoms with E-state index in [4.69, 9.17) is 4.74 Å². The molecule has 0 amide bonds. The summed E-state index contributed by atoms with van der Waals surface area (Å²) >= 11 is 3.71. The van der Waals surface area contributed by atoms with Gasteiger partial charge in [0.25, 0.3) is 0 Å². The normalized spacial score (nSPS) is 34.0. The van der Waals surface area contributed by atoms with Crippen LogP contribution in [0.2, 0.25) is 0 Å². The highest BCUT2D eigenvalue weighted by atomic mass is 79.9. The zero-order valence-electron chi connectivity index (χ0n) is 11.9. The molecule has 2 aliphatic carbocycles. The fraction of sp³-hybridized carbons (Fsp3) is 1.00. The summed E-state index contributed by atoms with van der Waals surface area (Å²) in [6, 6.07) is 0. The topological polar surface area (TPSA) is 9.23 Å². The minimum absolute atomic E-state index is 0.173. The monoisotopic (exact) mass is 316 g/mol. The van der Waals surface area contributed by atoms with Crippen molar-refractivity contribution in [1.29, 1.82) is 0 Å². The third kappa shape index (κ3) is 3.96. The molecule has 0 aliphatic heterocycles. The van der Waals surface area contributed by atoms with Crippen molar-refractivity contribution in [1.82, 2.24) is 0 Å². The molecule has 0 unspecified atom stereocenters. The van der Waals surface area contributed by atoms with Gasteiger partial charge in [-0.1, -0.05) is 48.5 Å². The van der Waals surface area contributed by atoms with Gasteiger partial charge in [0.15, 0.2) is 0 Å². The van der Waals surface area contributed by atoms with Crippen molar-refractivity contribution in [3.63, 3.8) is 0 Å². The van der Waals surface area contributed by atoms with Crippen LogP contribution in [0, 0.1) is 11.8 Å². The van der Waals surface area contributed by atoms with Crippen LogP contribution in [-0.2, 0) is 4.74 Å². The number of hydrogen-bond donors (Lipinski definition) is 0. The van der Waals surface area contributed by atoms with E-state index in [1.165, 1.54) is 64.2 Å². The summed E-state index contributed by atoms with van der Waals surface area (Å²) in [4.78, 5) is 0. The lowest BCUT2D eigenvalue weighted by Gasteiger charge is -2.39. The van der Waals surface area contributed by atoms with Crippen molar-refractivity contribution in [2.45, 2.75) is 76.7 Å². The van der Waals surface area contributed by atoms with Crippen LogP contribution in [0.4, 0.5) is 0 Å². The number of ether oxygens (including phenoxy) is 1. The zero-order chi connectivity index (χ0) is 12.8. The summed E-state index contributed by atoms with van der Waals surface area (Å²) in [5, 5.41) is 1.03. The smallest absolute Gasteiger partial charge is 0.0779 e. The fourth-order valence-electron chi connectivity index (χ4n) is 3.69. The standard InChI is InChI=1S/C16H29BrO/c1-2-5-14-8-10-16(13-17,11-9-14)18-12-15-6-3-4-7-15/h14-15H,2-13H2,1H3. The summed E-state index contributed by atoms with van der Waals surface area (Å²) in [6.07, 6.45) is 13.7. The molecule has 0 aromatic rings. The van der Waals surface area contributed by atoms with Crippen molar-refractivity contribution < 1.29 is 4.74 Å². The molecule has 0 saturated heterocycles. The van der Waals surface area contributed by atoms with Crippen molar-refractivity contribution in [2.75, 3.05) is 11.9 Å². The quantitative estimate of drug-likeness (QED) is 0.603. The van der Waals surface area contributed by atoms with Gasteiger partial charge >= 0.3 is 0 Å². The van der Waals surface area contributed by atoms with Gasteiger partial charge in [-0.25, -0.2) is 0 Å². The van der Waals surface area contributed by atoms with Gasteiger partial charge in [-0.05, 0) is 50.4 Å². The van der Waals surface area contributed by atoms with Crippen LogP contribution in [0.15, 0.2) is 0 Å². The van der Waals surface area contributed by atoms with E-state index >= 15 is 0 Å². The Morgan fingerprint density at radius 1 is 1.06 bits per heavy atom. The summed E-state index contributed by atoms with van der Waals surface area (Å²) in [6.45, 7) is 3.33. The van der Waals surface area contributed by atoms with Gasteiger partial charge in [-0.2, -0.15) is 0 Å². The van der Waals surface area contributed by atoms with Gasteiger partial charge in [-0.3, -0.25) is 0 Å². The largest absolute Gasteiger partial charge is 0.374 e. The Morgan fingerprint density at radius 3 is 2.28 bits per heavy atom. The second-order valence-corrected chi connectivity index (χ2v) is 7.07. The van der Waals surface area contributed by atoms with E-state index in [1.807, 2.05) is 0 Å². The maximum Gasteiger partial charge on any atom is 0.0779 e. The van der Waals surface area contributed by atoms with Crippen LogP contribution >= 0.6 is 15.9 Å². The molecule has 2 aliphatic rings. The number of rotatable bonds is 6. The van der Waals surface area contributed by atoms with Gasteiger partial charge in [0.1, 0.15) is 0 Å². The predicted molar refractivity (Wildman–Crippen MR) is 81.3 cm³/mol. The molecule has 2 rings (SSSR count). The first-order chi connectivity index (χ1) is 8.78. The number of hydrogen-bond acceptors (Lipinski definition) is 1. The molecule has 2 fully saturated rings. The maximum absolute atomic E-state index is 6.38.